The second-order valence-corrected chi connectivity index (χ2v) is 6.36. The molecule has 134 valence electrons. The topological polar surface area (TPSA) is 82.3 Å². The van der Waals surface area contributed by atoms with Crippen LogP contribution in [0.4, 0.5) is 10.5 Å². The van der Waals surface area contributed by atoms with Crippen LogP contribution in [0.25, 0.3) is 0 Å². The lowest BCUT2D eigenvalue weighted by atomic mass is 9.98. The van der Waals surface area contributed by atoms with E-state index in [9.17, 15) is 4.79 Å². The van der Waals surface area contributed by atoms with Crippen molar-refractivity contribution in [3.05, 3.63) is 42.5 Å². The van der Waals surface area contributed by atoms with Gasteiger partial charge >= 0.3 is 6.03 Å². The molecule has 7 nitrogen and oxygen atoms in total. The minimum atomic E-state index is -0.199. The molecule has 0 spiro atoms. The number of rotatable bonds is 6. The van der Waals surface area contributed by atoms with E-state index in [1.807, 2.05) is 30.5 Å². The Hall–Kier alpha value is -2.54. The smallest absolute Gasteiger partial charge is 0.319 e. The normalized spacial score (nSPS) is 17.9. The number of aromatic amines is 1. The van der Waals surface area contributed by atoms with Crippen molar-refractivity contribution < 1.29 is 9.53 Å². The molecule has 1 aromatic carbocycles. The highest BCUT2D eigenvalue weighted by molar-refractivity contribution is 5.90. The number of hydrogen-bond donors (Lipinski definition) is 3. The number of benzene rings is 1. The summed E-state index contributed by atoms with van der Waals surface area (Å²) in [5.74, 6) is 1.11. The maximum absolute atomic E-state index is 12.2. The summed E-state index contributed by atoms with van der Waals surface area (Å²) in [4.78, 5) is 21.8. The first-order chi connectivity index (χ1) is 12.2. The van der Waals surface area contributed by atoms with Crippen LogP contribution in [-0.2, 0) is 6.54 Å². The van der Waals surface area contributed by atoms with Crippen LogP contribution in [0.2, 0.25) is 0 Å². The third-order valence-electron chi connectivity index (χ3n) is 4.46. The average molecular weight is 343 g/mol. The van der Waals surface area contributed by atoms with Crippen LogP contribution < -0.4 is 15.4 Å². The Bertz CT molecular complexity index is 674. The molecule has 1 aliphatic heterocycles. The highest BCUT2D eigenvalue weighted by Crippen LogP contribution is 2.23. The zero-order valence-electron chi connectivity index (χ0n) is 14.5. The van der Waals surface area contributed by atoms with Gasteiger partial charge in [-0.15, -0.1) is 0 Å². The van der Waals surface area contributed by atoms with Crippen LogP contribution in [0.1, 0.15) is 18.5 Å². The molecule has 2 heterocycles. The van der Waals surface area contributed by atoms with Crippen molar-refractivity contribution >= 4 is 11.7 Å². The van der Waals surface area contributed by atoms with Gasteiger partial charge in [0.2, 0.25) is 0 Å². The van der Waals surface area contributed by atoms with Crippen LogP contribution in [0, 0.1) is 5.92 Å². The van der Waals surface area contributed by atoms with Gasteiger partial charge in [0, 0.05) is 31.5 Å². The summed E-state index contributed by atoms with van der Waals surface area (Å²) in [6.45, 7) is 3.61. The minimum Gasteiger partial charge on any atom is -0.495 e. The van der Waals surface area contributed by atoms with E-state index in [1.165, 1.54) is 0 Å². The molecule has 1 saturated heterocycles. The molecule has 3 rings (SSSR count). The van der Waals surface area contributed by atoms with Gasteiger partial charge in [0.15, 0.2) is 0 Å². The highest BCUT2D eigenvalue weighted by Gasteiger charge is 2.21. The molecule has 25 heavy (non-hydrogen) atoms. The first kappa shape index (κ1) is 17.3. The molecule has 1 atom stereocenters. The molecular formula is C18H25N5O2. The van der Waals surface area contributed by atoms with E-state index in [0.717, 1.165) is 38.2 Å². The van der Waals surface area contributed by atoms with Gasteiger partial charge in [-0.1, -0.05) is 12.1 Å². The number of amides is 2. The van der Waals surface area contributed by atoms with Crippen molar-refractivity contribution in [2.75, 3.05) is 32.1 Å². The summed E-state index contributed by atoms with van der Waals surface area (Å²) >= 11 is 0. The number of hydrogen-bond acceptors (Lipinski definition) is 4. The fourth-order valence-electron chi connectivity index (χ4n) is 3.23. The van der Waals surface area contributed by atoms with Crippen LogP contribution in [0.3, 0.4) is 0 Å². The maximum Gasteiger partial charge on any atom is 0.319 e. The summed E-state index contributed by atoms with van der Waals surface area (Å²) in [5.41, 5.74) is 1.80. The molecule has 0 bridgehead atoms. The van der Waals surface area contributed by atoms with Crippen LogP contribution in [0.5, 0.6) is 5.75 Å². The maximum atomic E-state index is 12.2. The number of H-pyrrole nitrogens is 1. The number of urea groups is 1. The molecule has 0 unspecified atom stereocenters. The van der Waals surface area contributed by atoms with E-state index in [4.69, 9.17) is 4.74 Å². The van der Waals surface area contributed by atoms with E-state index in [-0.39, 0.29) is 6.03 Å². The number of imidazole rings is 1. The molecule has 0 aliphatic carbocycles. The van der Waals surface area contributed by atoms with Crippen molar-refractivity contribution in [1.82, 2.24) is 20.2 Å². The largest absolute Gasteiger partial charge is 0.495 e. The van der Waals surface area contributed by atoms with Gasteiger partial charge in [0.1, 0.15) is 5.75 Å². The number of likely N-dealkylation sites (tertiary alicyclic amines) is 1. The summed E-state index contributed by atoms with van der Waals surface area (Å²) in [7, 11) is 1.59. The Balaban J connectivity index is 1.45. The van der Waals surface area contributed by atoms with E-state index in [1.54, 1.807) is 13.4 Å². The molecule has 7 heteroatoms. The number of carbonyl (C=O) groups is 1. The molecule has 1 fully saturated rings. The van der Waals surface area contributed by atoms with Crippen molar-refractivity contribution in [3.8, 4) is 5.75 Å². The number of aromatic nitrogens is 2. The Morgan fingerprint density at radius 1 is 1.44 bits per heavy atom. The zero-order chi connectivity index (χ0) is 17.5. The summed E-state index contributed by atoms with van der Waals surface area (Å²) in [6, 6.07) is 7.19. The van der Waals surface area contributed by atoms with Crippen molar-refractivity contribution in [3.63, 3.8) is 0 Å². The predicted octanol–water partition coefficient (Wildman–Crippen LogP) is 2.45. The third kappa shape index (κ3) is 4.96. The van der Waals surface area contributed by atoms with Gasteiger partial charge in [-0.2, -0.15) is 0 Å². The highest BCUT2D eigenvalue weighted by atomic mass is 16.5. The number of carbonyl (C=O) groups excluding carboxylic acids is 1. The molecule has 0 radical (unpaired) electrons. The second kappa shape index (κ2) is 8.53. The fourth-order valence-corrected chi connectivity index (χ4v) is 3.23. The van der Waals surface area contributed by atoms with Crippen molar-refractivity contribution in [1.29, 1.82) is 0 Å². The standard InChI is InChI=1S/C18H25N5O2/c1-25-17-7-3-2-6-16(17)22-18(24)20-9-14-5-4-8-23(11-14)12-15-10-19-13-21-15/h2-3,6-7,10,13-14H,4-5,8-9,11-12H2,1H3,(H,19,21)(H2,20,22,24)/t14-/m1/s1. The van der Waals surface area contributed by atoms with Gasteiger partial charge in [-0.25, -0.2) is 9.78 Å². The molecule has 0 saturated carbocycles. The van der Waals surface area contributed by atoms with Gasteiger partial charge in [0.25, 0.3) is 0 Å². The molecule has 2 aromatic rings. The summed E-state index contributed by atoms with van der Waals surface area (Å²) in [6.07, 6.45) is 5.85. The number of para-hydroxylation sites is 2. The van der Waals surface area contributed by atoms with Gasteiger partial charge in [-0.05, 0) is 37.4 Å². The first-order valence-electron chi connectivity index (χ1n) is 8.62. The average Bonchev–Trinajstić information content (AvgIpc) is 3.14. The fraction of sp³-hybridized carbons (Fsp3) is 0.444. The van der Waals surface area contributed by atoms with E-state index in [0.29, 0.717) is 23.9 Å². The summed E-state index contributed by atoms with van der Waals surface area (Å²) in [5, 5.41) is 5.83. The van der Waals surface area contributed by atoms with Crippen LogP contribution in [0.15, 0.2) is 36.8 Å². The van der Waals surface area contributed by atoms with Crippen LogP contribution >= 0.6 is 0 Å². The van der Waals surface area contributed by atoms with Crippen molar-refractivity contribution in [2.45, 2.75) is 19.4 Å². The minimum absolute atomic E-state index is 0.199. The lowest BCUT2D eigenvalue weighted by Gasteiger charge is -2.32. The summed E-state index contributed by atoms with van der Waals surface area (Å²) < 4.78 is 5.25. The van der Waals surface area contributed by atoms with E-state index in [2.05, 4.69) is 25.5 Å². The Kier molecular flexibility index (Phi) is 5.90. The number of nitrogens with one attached hydrogen (secondary N) is 3. The second-order valence-electron chi connectivity index (χ2n) is 6.36. The van der Waals surface area contributed by atoms with E-state index >= 15 is 0 Å². The van der Waals surface area contributed by atoms with Crippen LogP contribution in [-0.4, -0.2) is 47.6 Å². The molecule has 1 aliphatic rings. The number of ether oxygens (including phenoxy) is 1. The SMILES string of the molecule is COc1ccccc1NC(=O)NC[C@H]1CCCN(Cc2cnc[nH]2)C1. The molecule has 2 amide bonds. The Morgan fingerprint density at radius 3 is 3.12 bits per heavy atom. The monoisotopic (exact) mass is 343 g/mol. The number of methoxy groups -OCH3 is 1. The van der Waals surface area contributed by atoms with Gasteiger partial charge in [-0.3, -0.25) is 4.90 Å². The van der Waals surface area contributed by atoms with Gasteiger partial charge < -0.3 is 20.4 Å². The first-order valence-corrected chi connectivity index (χ1v) is 8.62. The molecule has 1 aromatic heterocycles. The third-order valence-corrected chi connectivity index (χ3v) is 4.46. The van der Waals surface area contributed by atoms with E-state index < -0.39 is 0 Å². The number of anilines is 1. The quantitative estimate of drug-likeness (QED) is 0.752. The number of nitrogens with zero attached hydrogens (tertiary/aromatic N) is 2. The lowest BCUT2D eigenvalue weighted by Crippen LogP contribution is -2.41. The van der Waals surface area contributed by atoms with Crippen molar-refractivity contribution in [2.24, 2.45) is 5.92 Å². The Morgan fingerprint density at radius 2 is 2.32 bits per heavy atom. The molecule has 3 N–H and O–H groups in total. The lowest BCUT2D eigenvalue weighted by molar-refractivity contribution is 0.164. The predicted molar refractivity (Wildman–Crippen MR) is 96.6 cm³/mol. The zero-order valence-corrected chi connectivity index (χ0v) is 14.5. The van der Waals surface area contributed by atoms with Gasteiger partial charge in [0.05, 0.1) is 19.1 Å². The molecular weight excluding hydrogens is 318 g/mol. The Labute approximate surface area is 147 Å². The number of piperidine rings is 1.